The third-order valence-electron chi connectivity index (χ3n) is 7.15. The van der Waals surface area contributed by atoms with Crippen molar-refractivity contribution in [3.05, 3.63) is 21.9 Å². The lowest BCUT2D eigenvalue weighted by Crippen LogP contribution is -2.59. The first-order valence-corrected chi connectivity index (χ1v) is 14.2. The maximum Gasteiger partial charge on any atom is 0.333 e. The highest BCUT2D eigenvalue weighted by Gasteiger charge is 2.54. The Kier molecular flexibility index (Phi) is 9.66. The number of likely N-dealkylation sites (tertiary alicyclic amines) is 1. The Balaban J connectivity index is 0.000000364. The van der Waals surface area contributed by atoms with Gasteiger partial charge in [-0.2, -0.15) is 12.7 Å². The van der Waals surface area contributed by atoms with Gasteiger partial charge in [0.1, 0.15) is 5.60 Å². The van der Waals surface area contributed by atoms with Crippen molar-refractivity contribution in [1.29, 1.82) is 0 Å². The maximum atomic E-state index is 12.0. The number of fused-ring (bicyclic) bond motifs is 2. The van der Waals surface area contributed by atoms with E-state index in [0.29, 0.717) is 36.3 Å². The van der Waals surface area contributed by atoms with Crippen LogP contribution in [0, 0.1) is 11.8 Å². The molecule has 3 atom stereocenters. The summed E-state index contributed by atoms with van der Waals surface area (Å²) in [6.07, 6.45) is 0.757. The predicted octanol–water partition coefficient (Wildman–Crippen LogP) is -0.523. The summed E-state index contributed by atoms with van der Waals surface area (Å²) >= 11 is 1.45. The Morgan fingerprint density at radius 2 is 1.86 bits per heavy atom. The topological polar surface area (TPSA) is 200 Å². The number of piperidine rings is 1. The van der Waals surface area contributed by atoms with E-state index in [4.69, 9.17) is 25.8 Å². The first-order valence-electron chi connectivity index (χ1n) is 12.0. The van der Waals surface area contributed by atoms with Crippen molar-refractivity contribution in [3.8, 4) is 0 Å². The highest BCUT2D eigenvalue weighted by Crippen LogP contribution is 2.53. The number of nitrogens with two attached hydrogens (primary N) is 1. The van der Waals surface area contributed by atoms with Gasteiger partial charge in [0.25, 0.3) is 16.1 Å². The van der Waals surface area contributed by atoms with Gasteiger partial charge in [-0.05, 0) is 25.0 Å². The van der Waals surface area contributed by atoms with Gasteiger partial charge in [0.05, 0.1) is 11.3 Å². The van der Waals surface area contributed by atoms with Crippen LogP contribution in [0.3, 0.4) is 0 Å². The Bertz CT molecular complexity index is 1080. The van der Waals surface area contributed by atoms with Gasteiger partial charge >= 0.3 is 11.9 Å². The third kappa shape index (κ3) is 6.66. The minimum absolute atomic E-state index is 0.317. The van der Waals surface area contributed by atoms with E-state index in [9.17, 15) is 22.8 Å². The molecule has 0 spiro atoms. The first kappa shape index (κ1) is 29.4. The van der Waals surface area contributed by atoms with Gasteiger partial charge < -0.3 is 30.7 Å². The number of nitrogens with zero attached hydrogens (tertiary/aromatic N) is 2. The van der Waals surface area contributed by atoms with E-state index in [1.165, 1.54) is 22.1 Å². The number of rotatable bonds is 9. The van der Waals surface area contributed by atoms with Crippen LogP contribution in [-0.4, -0.2) is 103 Å². The molecule has 1 aliphatic carbocycles. The van der Waals surface area contributed by atoms with E-state index in [-0.39, 0.29) is 5.60 Å². The molecule has 2 saturated heterocycles. The van der Waals surface area contributed by atoms with Gasteiger partial charge in [0.15, 0.2) is 6.10 Å². The molecule has 3 unspecified atom stereocenters. The minimum Gasteiger partial charge on any atom is -0.481 e. The van der Waals surface area contributed by atoms with Gasteiger partial charge in [-0.3, -0.25) is 9.59 Å². The molecule has 3 heterocycles. The molecule has 15 heteroatoms. The Hall–Kier alpha value is -2.14. The molecule has 2 aliphatic heterocycles. The molecule has 37 heavy (non-hydrogen) atoms. The summed E-state index contributed by atoms with van der Waals surface area (Å²) in [5, 5.41) is 24.1. The summed E-state index contributed by atoms with van der Waals surface area (Å²) in [7, 11) is -1.52. The van der Waals surface area contributed by atoms with E-state index in [1.54, 1.807) is 13.2 Å². The van der Waals surface area contributed by atoms with Gasteiger partial charge in [-0.25, -0.2) is 9.52 Å². The second-order valence-electron chi connectivity index (χ2n) is 9.36. The van der Waals surface area contributed by atoms with Crippen molar-refractivity contribution in [3.63, 3.8) is 0 Å². The number of aliphatic hydroxyl groups excluding tert-OH is 1. The molecular formula is C22H34N4O9S2. The van der Waals surface area contributed by atoms with Crippen molar-refractivity contribution < 1.29 is 42.9 Å². The normalized spacial score (nSPS) is 28.2. The number of carboxylic acids is 2. The predicted molar refractivity (Wildman–Crippen MR) is 133 cm³/mol. The van der Waals surface area contributed by atoms with Crippen molar-refractivity contribution >= 4 is 39.4 Å². The maximum absolute atomic E-state index is 12.0. The van der Waals surface area contributed by atoms with E-state index in [2.05, 4.69) is 9.62 Å². The van der Waals surface area contributed by atoms with E-state index < -0.39 is 40.6 Å². The van der Waals surface area contributed by atoms with E-state index in [1.807, 2.05) is 6.07 Å². The number of nitrogens with one attached hydrogen (secondary N) is 1. The number of ether oxygens (including phenoxy) is 1. The van der Waals surface area contributed by atoms with E-state index in [0.717, 1.165) is 37.4 Å². The molecule has 6 N–H and O–H groups in total. The van der Waals surface area contributed by atoms with Crippen LogP contribution in [0.4, 0.5) is 0 Å². The fourth-order valence-corrected chi connectivity index (χ4v) is 7.84. The van der Waals surface area contributed by atoms with Crippen LogP contribution in [0.15, 0.2) is 12.1 Å². The van der Waals surface area contributed by atoms with Crippen LogP contribution in [-0.2, 0) is 30.1 Å². The summed E-state index contributed by atoms with van der Waals surface area (Å²) in [6.45, 7) is 4.01. The number of carboxylic acid groups (broad SMARTS) is 2. The van der Waals surface area contributed by atoms with Crippen LogP contribution in [0.2, 0.25) is 0 Å². The van der Waals surface area contributed by atoms with Gasteiger partial charge in [0, 0.05) is 63.1 Å². The minimum atomic E-state index is -3.29. The summed E-state index contributed by atoms with van der Waals surface area (Å²) in [5.41, 5.74) is 5.08. The quantitative estimate of drug-likeness (QED) is 0.261. The smallest absolute Gasteiger partial charge is 0.333 e. The van der Waals surface area contributed by atoms with Crippen LogP contribution in [0.1, 0.15) is 40.2 Å². The lowest BCUT2D eigenvalue weighted by molar-refractivity contribution is -0.166. The average Bonchev–Trinajstić information content (AvgIpc) is 3.43. The van der Waals surface area contributed by atoms with Crippen molar-refractivity contribution in [2.75, 3.05) is 46.4 Å². The lowest BCUT2D eigenvalue weighted by atomic mass is 9.64. The molecule has 4 rings (SSSR count). The number of aliphatic carboxylic acids is 2. The number of primary amides is 1. The molecule has 3 fully saturated rings. The molecule has 2 bridgehead atoms. The number of aliphatic hydroxyl groups is 1. The zero-order valence-corrected chi connectivity index (χ0v) is 22.2. The van der Waals surface area contributed by atoms with Gasteiger partial charge in [-0.15, -0.1) is 11.3 Å². The van der Waals surface area contributed by atoms with Gasteiger partial charge in [0.2, 0.25) is 0 Å². The Morgan fingerprint density at radius 3 is 2.30 bits per heavy atom. The number of methoxy groups -OCH3 is 1. The lowest BCUT2D eigenvalue weighted by Gasteiger charge is -2.55. The SMILES string of the molecule is COC1(c2ccc(C(N)=O)s2)C2CCCC1CN(CCN1CCNS1(=O)=O)C2.O=C(O)CC(O)C(=O)O. The monoisotopic (exact) mass is 562 g/mol. The molecule has 1 saturated carbocycles. The average molecular weight is 563 g/mol. The fraction of sp³-hybridized carbons (Fsp3) is 0.682. The number of amides is 1. The number of hydrogen-bond donors (Lipinski definition) is 5. The number of hydrogen-bond acceptors (Lipinski definition) is 9. The zero-order valence-electron chi connectivity index (χ0n) is 20.5. The van der Waals surface area contributed by atoms with Crippen LogP contribution in [0.5, 0.6) is 0 Å². The van der Waals surface area contributed by atoms with Crippen molar-refractivity contribution in [2.45, 2.75) is 37.4 Å². The number of thiophene rings is 1. The highest BCUT2D eigenvalue weighted by atomic mass is 32.2. The van der Waals surface area contributed by atoms with Crippen LogP contribution in [0.25, 0.3) is 0 Å². The molecule has 0 aromatic carbocycles. The second kappa shape index (κ2) is 12.1. The molecule has 1 amide bonds. The highest BCUT2D eigenvalue weighted by molar-refractivity contribution is 7.87. The summed E-state index contributed by atoms with van der Waals surface area (Å²) < 4.78 is 34.2. The van der Waals surface area contributed by atoms with Crippen molar-refractivity contribution in [2.24, 2.45) is 17.6 Å². The van der Waals surface area contributed by atoms with Crippen molar-refractivity contribution in [1.82, 2.24) is 13.9 Å². The molecule has 208 valence electrons. The van der Waals surface area contributed by atoms with Crippen LogP contribution >= 0.6 is 11.3 Å². The molecule has 3 aliphatic rings. The molecule has 1 aromatic rings. The molecular weight excluding hydrogens is 528 g/mol. The molecule has 0 radical (unpaired) electrons. The molecule has 1 aromatic heterocycles. The second-order valence-corrected chi connectivity index (χ2v) is 12.2. The molecule has 13 nitrogen and oxygen atoms in total. The summed E-state index contributed by atoms with van der Waals surface area (Å²) in [6, 6.07) is 3.80. The standard InChI is InChI=1S/C18H28N4O4S2.C4H6O5/c1-26-18(16-6-5-15(27-16)17(19)23)13-3-2-4-14(18)12-21(11-13)9-10-22-8-7-20-28(22,24)25;5-2(4(8)9)1-3(6)7/h5-6,13-14,20H,2-4,7-12H2,1H3,(H2,19,23);2,5H,1H2,(H,6,7)(H,8,9). The number of carbonyl (C=O) groups excluding carboxylic acids is 1. The fourth-order valence-electron chi connectivity index (χ4n) is 5.47. The Labute approximate surface area is 219 Å². The first-order chi connectivity index (χ1) is 17.4. The summed E-state index contributed by atoms with van der Waals surface area (Å²) in [5.74, 6) is -2.61. The third-order valence-corrected chi connectivity index (χ3v) is 10.00. The Morgan fingerprint density at radius 1 is 1.22 bits per heavy atom. The number of carbonyl (C=O) groups is 3. The summed E-state index contributed by atoms with van der Waals surface area (Å²) in [4.78, 5) is 35.0. The van der Waals surface area contributed by atoms with E-state index >= 15 is 0 Å². The zero-order chi connectivity index (χ0) is 27.4. The van der Waals surface area contributed by atoms with Crippen LogP contribution < -0.4 is 10.5 Å². The largest absolute Gasteiger partial charge is 0.481 e. The van der Waals surface area contributed by atoms with Gasteiger partial charge in [-0.1, -0.05) is 6.42 Å².